The van der Waals surface area contributed by atoms with Crippen LogP contribution < -0.4 is 4.90 Å². The van der Waals surface area contributed by atoms with E-state index in [1.54, 1.807) is 17.6 Å². The van der Waals surface area contributed by atoms with E-state index >= 15 is 0 Å². The first kappa shape index (κ1) is 14.1. The normalized spacial score (nSPS) is 15.0. The van der Waals surface area contributed by atoms with Crippen molar-refractivity contribution in [2.75, 3.05) is 31.8 Å². The summed E-state index contributed by atoms with van der Waals surface area (Å²) in [6.07, 6.45) is 3.08. The number of hydrogen-bond acceptors (Lipinski definition) is 6. The molecule has 0 aliphatic carbocycles. The Hall–Kier alpha value is -1.86. The highest BCUT2D eigenvalue weighted by atomic mass is 35.5. The number of nitrogens with zero attached hydrogens (tertiary/aromatic N) is 4. The largest absolute Gasteiger partial charge is 0.462 e. The number of carbonyl (C=O) groups is 1. The summed E-state index contributed by atoms with van der Waals surface area (Å²) in [7, 11) is 1.90. The minimum Gasteiger partial charge on any atom is -0.462 e. The topological polar surface area (TPSA) is 69.0 Å². The zero-order valence-electron chi connectivity index (χ0n) is 11.7. The second kappa shape index (κ2) is 5.50. The zero-order chi connectivity index (χ0) is 15.0. The fourth-order valence-electron chi connectivity index (χ4n) is 2.23. The van der Waals surface area contributed by atoms with E-state index in [0.29, 0.717) is 41.9 Å². The SMILES string of the molecule is CCOC(=O)c1cnn2cc(Cl)nc2c1N(C)C1COC1. The molecule has 0 unspecified atom stereocenters. The lowest BCUT2D eigenvalue weighted by Gasteiger charge is -2.36. The van der Waals surface area contributed by atoms with Crippen LogP contribution in [0.4, 0.5) is 5.69 Å². The van der Waals surface area contributed by atoms with Crippen LogP contribution in [-0.2, 0) is 9.47 Å². The van der Waals surface area contributed by atoms with Crippen LogP contribution in [0, 0.1) is 0 Å². The summed E-state index contributed by atoms with van der Waals surface area (Å²) >= 11 is 5.95. The molecule has 0 saturated carbocycles. The monoisotopic (exact) mass is 310 g/mol. The molecule has 0 aromatic carbocycles. The maximum Gasteiger partial charge on any atom is 0.342 e. The van der Waals surface area contributed by atoms with Crippen molar-refractivity contribution in [3.63, 3.8) is 0 Å². The van der Waals surface area contributed by atoms with Gasteiger partial charge in [-0.3, -0.25) is 0 Å². The van der Waals surface area contributed by atoms with E-state index in [-0.39, 0.29) is 6.04 Å². The third-order valence-corrected chi connectivity index (χ3v) is 3.64. The number of ether oxygens (including phenoxy) is 2. The lowest BCUT2D eigenvalue weighted by molar-refractivity contribution is 0.0100. The molecule has 0 bridgehead atoms. The van der Waals surface area contributed by atoms with Gasteiger partial charge >= 0.3 is 5.97 Å². The van der Waals surface area contributed by atoms with Gasteiger partial charge in [-0.15, -0.1) is 0 Å². The minimum absolute atomic E-state index is 0.194. The molecule has 1 saturated heterocycles. The van der Waals surface area contributed by atoms with Crippen molar-refractivity contribution in [2.24, 2.45) is 0 Å². The van der Waals surface area contributed by atoms with Gasteiger partial charge in [0.15, 0.2) is 5.65 Å². The number of carbonyl (C=O) groups excluding carboxylic acids is 1. The Kier molecular flexibility index (Phi) is 3.69. The van der Waals surface area contributed by atoms with Crippen LogP contribution >= 0.6 is 11.6 Å². The maximum atomic E-state index is 12.2. The highest BCUT2D eigenvalue weighted by Crippen LogP contribution is 2.29. The minimum atomic E-state index is -0.422. The summed E-state index contributed by atoms with van der Waals surface area (Å²) in [5, 5.41) is 4.48. The summed E-state index contributed by atoms with van der Waals surface area (Å²) in [6.45, 7) is 3.29. The molecular weight excluding hydrogens is 296 g/mol. The highest BCUT2D eigenvalue weighted by molar-refractivity contribution is 6.29. The summed E-state index contributed by atoms with van der Waals surface area (Å²) in [4.78, 5) is 18.4. The lowest BCUT2D eigenvalue weighted by Crippen LogP contribution is -2.47. The molecule has 2 aromatic rings. The van der Waals surface area contributed by atoms with Gasteiger partial charge in [-0.05, 0) is 6.92 Å². The van der Waals surface area contributed by atoms with E-state index < -0.39 is 5.97 Å². The third kappa shape index (κ3) is 2.43. The van der Waals surface area contributed by atoms with Crippen molar-refractivity contribution >= 4 is 28.9 Å². The number of fused-ring (bicyclic) bond motifs is 1. The molecule has 112 valence electrons. The first-order valence-electron chi connectivity index (χ1n) is 6.63. The molecule has 0 N–H and O–H groups in total. The molecule has 3 rings (SSSR count). The van der Waals surface area contributed by atoms with Crippen molar-refractivity contribution in [3.05, 3.63) is 23.1 Å². The van der Waals surface area contributed by atoms with Gasteiger partial charge in [0.1, 0.15) is 10.7 Å². The number of rotatable bonds is 4. The second-order valence-corrected chi connectivity index (χ2v) is 5.15. The van der Waals surface area contributed by atoms with E-state index in [9.17, 15) is 4.79 Å². The smallest absolute Gasteiger partial charge is 0.342 e. The van der Waals surface area contributed by atoms with Gasteiger partial charge in [0.2, 0.25) is 0 Å². The molecule has 7 nitrogen and oxygen atoms in total. The average molecular weight is 311 g/mol. The zero-order valence-corrected chi connectivity index (χ0v) is 12.5. The molecule has 8 heteroatoms. The molecule has 2 aromatic heterocycles. The lowest BCUT2D eigenvalue weighted by atomic mass is 10.1. The number of anilines is 1. The summed E-state index contributed by atoms with van der Waals surface area (Å²) < 4.78 is 11.9. The summed E-state index contributed by atoms with van der Waals surface area (Å²) in [5.41, 5.74) is 1.56. The molecule has 0 radical (unpaired) electrons. The number of imidazole rings is 1. The number of aromatic nitrogens is 3. The predicted molar refractivity (Wildman–Crippen MR) is 77.0 cm³/mol. The molecule has 1 fully saturated rings. The Morgan fingerprint density at radius 2 is 2.38 bits per heavy atom. The fraction of sp³-hybridized carbons (Fsp3) is 0.462. The molecule has 21 heavy (non-hydrogen) atoms. The first-order valence-corrected chi connectivity index (χ1v) is 7.01. The first-order chi connectivity index (χ1) is 10.1. The third-order valence-electron chi connectivity index (χ3n) is 3.45. The standard InChI is InChI=1S/C13H15ClN4O3/c1-3-21-13(19)9-4-15-18-5-10(14)16-12(18)11(9)17(2)8-6-20-7-8/h4-5,8H,3,6-7H2,1-2H3. The van der Waals surface area contributed by atoms with Crippen LogP contribution in [0.5, 0.6) is 0 Å². The van der Waals surface area contributed by atoms with Crippen molar-refractivity contribution in [1.29, 1.82) is 0 Å². The number of halogens is 1. The van der Waals surface area contributed by atoms with Gasteiger partial charge in [-0.2, -0.15) is 5.10 Å². The van der Waals surface area contributed by atoms with Crippen molar-refractivity contribution < 1.29 is 14.3 Å². The van der Waals surface area contributed by atoms with E-state index in [2.05, 4.69) is 10.1 Å². The Balaban J connectivity index is 2.14. The molecule has 3 heterocycles. The van der Waals surface area contributed by atoms with E-state index in [4.69, 9.17) is 21.1 Å². The number of esters is 1. The Morgan fingerprint density at radius 3 is 3.00 bits per heavy atom. The maximum absolute atomic E-state index is 12.2. The summed E-state index contributed by atoms with van der Waals surface area (Å²) in [6, 6.07) is 0.194. The molecule has 1 aliphatic rings. The molecular formula is C13H15ClN4O3. The van der Waals surface area contributed by atoms with E-state index in [1.807, 2.05) is 11.9 Å². The molecule has 1 aliphatic heterocycles. The second-order valence-electron chi connectivity index (χ2n) is 4.76. The molecule has 0 atom stereocenters. The van der Waals surface area contributed by atoms with Gasteiger partial charge < -0.3 is 14.4 Å². The average Bonchev–Trinajstić information content (AvgIpc) is 2.75. The van der Waals surface area contributed by atoms with Crippen molar-refractivity contribution in [1.82, 2.24) is 14.6 Å². The van der Waals surface area contributed by atoms with Crippen LogP contribution in [0.2, 0.25) is 5.15 Å². The van der Waals surface area contributed by atoms with Crippen LogP contribution in [0.15, 0.2) is 12.4 Å². The van der Waals surface area contributed by atoms with Crippen molar-refractivity contribution in [2.45, 2.75) is 13.0 Å². The van der Waals surface area contributed by atoms with Crippen molar-refractivity contribution in [3.8, 4) is 0 Å². The van der Waals surface area contributed by atoms with Crippen LogP contribution in [-0.4, -0.2) is 53.5 Å². The Labute approximate surface area is 126 Å². The van der Waals surface area contributed by atoms with Gasteiger partial charge in [-0.25, -0.2) is 14.3 Å². The molecule has 0 amide bonds. The number of hydrogen-bond donors (Lipinski definition) is 0. The van der Waals surface area contributed by atoms with Gasteiger partial charge in [0.05, 0.1) is 43.9 Å². The van der Waals surface area contributed by atoms with Crippen LogP contribution in [0.3, 0.4) is 0 Å². The summed E-state index contributed by atoms with van der Waals surface area (Å²) in [5.74, 6) is -0.422. The van der Waals surface area contributed by atoms with Crippen LogP contribution in [0.25, 0.3) is 5.65 Å². The Bertz CT molecular complexity index is 683. The fourth-order valence-corrected chi connectivity index (χ4v) is 2.40. The van der Waals surface area contributed by atoms with Gasteiger partial charge in [0, 0.05) is 7.05 Å². The van der Waals surface area contributed by atoms with Gasteiger partial charge in [-0.1, -0.05) is 11.6 Å². The Morgan fingerprint density at radius 1 is 1.62 bits per heavy atom. The van der Waals surface area contributed by atoms with Gasteiger partial charge in [0.25, 0.3) is 0 Å². The number of likely N-dealkylation sites (N-methyl/N-ethyl adjacent to an activating group) is 1. The highest BCUT2D eigenvalue weighted by Gasteiger charge is 2.29. The van der Waals surface area contributed by atoms with Crippen LogP contribution in [0.1, 0.15) is 17.3 Å². The predicted octanol–water partition coefficient (Wildman–Crippen LogP) is 1.39. The quantitative estimate of drug-likeness (QED) is 0.795. The van der Waals surface area contributed by atoms with E-state index in [0.717, 1.165) is 0 Å². The molecule has 0 spiro atoms. The van der Waals surface area contributed by atoms with E-state index in [1.165, 1.54) is 6.20 Å².